The second kappa shape index (κ2) is 9.46. The maximum Gasteiger partial charge on any atom is 0.341 e. The Hall–Kier alpha value is -4.59. The van der Waals surface area contributed by atoms with Crippen LogP contribution in [0.5, 0.6) is 11.6 Å². The number of pyridine rings is 3. The number of aryl methyl sites for hydroxylation is 1. The Balaban J connectivity index is 1.41. The number of carbonyl (C=O) groups excluding carboxylic acids is 1. The molecule has 0 spiro atoms. The molecule has 5 heterocycles. The lowest BCUT2D eigenvalue weighted by atomic mass is 9.98. The molecule has 1 amide bonds. The maximum atomic E-state index is 12.9. The number of carboxylic acids is 1. The Morgan fingerprint density at radius 3 is 2.62 bits per heavy atom. The monoisotopic (exact) mass is 523 g/mol. The van der Waals surface area contributed by atoms with E-state index in [1.807, 2.05) is 4.90 Å². The number of fused-ring (bicyclic) bond motifs is 1. The van der Waals surface area contributed by atoms with E-state index in [9.17, 15) is 19.5 Å². The molecule has 4 aromatic rings. The Labute approximate surface area is 213 Å². The van der Waals surface area contributed by atoms with Crippen LogP contribution in [0.1, 0.15) is 15.9 Å². The number of nitrogens with one attached hydrogen (secondary N) is 1. The summed E-state index contributed by atoms with van der Waals surface area (Å²) < 4.78 is 15.8. The van der Waals surface area contributed by atoms with Crippen LogP contribution in [-0.4, -0.2) is 68.2 Å². The smallest absolute Gasteiger partial charge is 0.341 e. The molecule has 0 atom stereocenters. The SMILES string of the molecule is COc1ccc(NC(=O)C2CN(c3cc(C)c4c(=O)c(C(=O)O)cn(-c5ncns5)c4n3)C2)nc1OC. The van der Waals surface area contributed by atoms with Crippen molar-refractivity contribution in [1.82, 2.24) is 23.9 Å². The fourth-order valence-corrected chi connectivity index (χ4v) is 4.58. The van der Waals surface area contributed by atoms with Gasteiger partial charge in [0.15, 0.2) is 11.4 Å². The molecule has 0 saturated carbocycles. The zero-order chi connectivity index (χ0) is 26.3. The molecule has 0 unspecified atom stereocenters. The van der Waals surface area contributed by atoms with Gasteiger partial charge in [0.05, 0.1) is 25.5 Å². The lowest BCUT2D eigenvalue weighted by molar-refractivity contribution is -0.120. The van der Waals surface area contributed by atoms with E-state index in [4.69, 9.17) is 9.47 Å². The largest absolute Gasteiger partial charge is 0.491 e. The lowest BCUT2D eigenvalue weighted by Crippen LogP contribution is -2.52. The molecule has 0 aliphatic carbocycles. The summed E-state index contributed by atoms with van der Waals surface area (Å²) in [7, 11) is 2.97. The molecule has 4 aromatic heterocycles. The highest BCUT2D eigenvalue weighted by molar-refractivity contribution is 7.08. The molecule has 190 valence electrons. The normalized spacial score (nSPS) is 13.3. The van der Waals surface area contributed by atoms with E-state index in [0.29, 0.717) is 41.2 Å². The molecule has 13 nitrogen and oxygen atoms in total. The van der Waals surface area contributed by atoms with Crippen molar-refractivity contribution < 1.29 is 24.2 Å². The van der Waals surface area contributed by atoms with Gasteiger partial charge in [0.1, 0.15) is 23.5 Å². The van der Waals surface area contributed by atoms with E-state index < -0.39 is 11.4 Å². The standard InChI is InChI=1S/C23H21N7O6S/c1-11-6-16(28-19-17(11)18(31)13(22(33)34)9-30(19)23-24-10-25-37-23)29-7-12(8-29)20(32)26-15-5-4-14(35-2)21(27-15)36-3/h4-6,9-10,12H,7-8H2,1-3H3,(H,33,34)(H,26,27,32). The number of ether oxygens (including phenoxy) is 2. The molecule has 1 fully saturated rings. The third-order valence-corrected chi connectivity index (χ3v) is 6.66. The number of nitrogens with zero attached hydrogens (tertiary/aromatic N) is 6. The molecule has 0 aromatic carbocycles. The number of hydrogen-bond donors (Lipinski definition) is 2. The summed E-state index contributed by atoms with van der Waals surface area (Å²) in [6.45, 7) is 2.51. The molecule has 1 aliphatic heterocycles. The van der Waals surface area contributed by atoms with Crippen molar-refractivity contribution in [2.75, 3.05) is 37.5 Å². The summed E-state index contributed by atoms with van der Waals surface area (Å²) in [5.41, 5.74) is -0.175. The first kappa shape index (κ1) is 24.1. The van der Waals surface area contributed by atoms with Crippen LogP contribution in [0.25, 0.3) is 16.2 Å². The number of carbonyl (C=O) groups is 2. The fourth-order valence-electron chi connectivity index (χ4n) is 4.07. The van der Waals surface area contributed by atoms with Gasteiger partial charge < -0.3 is 24.8 Å². The van der Waals surface area contributed by atoms with Crippen LogP contribution >= 0.6 is 11.5 Å². The van der Waals surface area contributed by atoms with Gasteiger partial charge in [-0.15, -0.1) is 0 Å². The predicted molar refractivity (Wildman–Crippen MR) is 134 cm³/mol. The quantitative estimate of drug-likeness (QED) is 0.363. The third-order valence-electron chi connectivity index (χ3n) is 5.99. The summed E-state index contributed by atoms with van der Waals surface area (Å²) in [4.78, 5) is 52.3. The summed E-state index contributed by atoms with van der Waals surface area (Å²) in [6.07, 6.45) is 2.55. The Morgan fingerprint density at radius 2 is 1.97 bits per heavy atom. The highest BCUT2D eigenvalue weighted by Crippen LogP contribution is 2.30. The van der Waals surface area contributed by atoms with Crippen LogP contribution in [0.4, 0.5) is 11.6 Å². The first-order chi connectivity index (χ1) is 17.8. The highest BCUT2D eigenvalue weighted by Gasteiger charge is 2.34. The van der Waals surface area contributed by atoms with Crippen molar-refractivity contribution in [2.45, 2.75) is 6.92 Å². The van der Waals surface area contributed by atoms with Crippen LogP contribution in [-0.2, 0) is 4.79 Å². The Bertz CT molecular complexity index is 1580. The molecule has 1 saturated heterocycles. The second-order valence-electron chi connectivity index (χ2n) is 8.27. The number of aromatic nitrogens is 5. The van der Waals surface area contributed by atoms with Crippen molar-refractivity contribution in [1.29, 1.82) is 0 Å². The fraction of sp³-hybridized carbons (Fsp3) is 0.261. The zero-order valence-electron chi connectivity index (χ0n) is 20.0. The van der Waals surface area contributed by atoms with Crippen molar-refractivity contribution in [3.63, 3.8) is 0 Å². The minimum absolute atomic E-state index is 0.188. The van der Waals surface area contributed by atoms with E-state index in [2.05, 4.69) is 24.6 Å². The van der Waals surface area contributed by atoms with Gasteiger partial charge in [-0.25, -0.2) is 14.8 Å². The number of aromatic carboxylic acids is 1. The van der Waals surface area contributed by atoms with Crippen molar-refractivity contribution >= 4 is 46.1 Å². The van der Waals surface area contributed by atoms with E-state index in [0.717, 1.165) is 11.5 Å². The van der Waals surface area contributed by atoms with E-state index in [1.165, 1.54) is 31.3 Å². The molecular weight excluding hydrogens is 502 g/mol. The number of methoxy groups -OCH3 is 2. The van der Waals surface area contributed by atoms with Gasteiger partial charge in [0.25, 0.3) is 5.88 Å². The Morgan fingerprint density at radius 1 is 1.19 bits per heavy atom. The maximum absolute atomic E-state index is 12.9. The minimum Gasteiger partial charge on any atom is -0.491 e. The van der Waals surface area contributed by atoms with Crippen molar-refractivity contribution in [3.05, 3.63) is 52.1 Å². The average Bonchev–Trinajstić information content (AvgIpc) is 3.37. The van der Waals surface area contributed by atoms with Gasteiger partial charge in [-0.2, -0.15) is 9.36 Å². The molecule has 5 rings (SSSR count). The van der Waals surface area contributed by atoms with Gasteiger partial charge in [-0.1, -0.05) is 0 Å². The number of hydrogen-bond acceptors (Lipinski definition) is 11. The molecular formula is C23H21N7O6S. The molecule has 1 aliphatic rings. The molecule has 14 heteroatoms. The number of carboxylic acid groups (broad SMARTS) is 1. The highest BCUT2D eigenvalue weighted by atomic mass is 32.1. The summed E-state index contributed by atoms with van der Waals surface area (Å²) >= 11 is 1.04. The summed E-state index contributed by atoms with van der Waals surface area (Å²) in [6, 6.07) is 5.00. The van der Waals surface area contributed by atoms with Crippen molar-refractivity contribution in [3.8, 4) is 16.8 Å². The van der Waals surface area contributed by atoms with Gasteiger partial charge in [-0.05, 0) is 30.7 Å². The summed E-state index contributed by atoms with van der Waals surface area (Å²) in [5, 5.41) is 12.9. The third kappa shape index (κ3) is 4.31. The first-order valence-electron chi connectivity index (χ1n) is 11.0. The van der Waals surface area contributed by atoms with Crippen LogP contribution in [0.2, 0.25) is 0 Å². The Kier molecular flexibility index (Phi) is 6.17. The van der Waals surface area contributed by atoms with E-state index in [-0.39, 0.29) is 34.3 Å². The number of rotatable bonds is 7. The van der Waals surface area contributed by atoms with E-state index >= 15 is 0 Å². The van der Waals surface area contributed by atoms with Crippen molar-refractivity contribution in [2.24, 2.45) is 5.92 Å². The number of anilines is 2. The van der Waals surface area contributed by atoms with Crippen LogP contribution in [0, 0.1) is 12.8 Å². The van der Waals surface area contributed by atoms with Crippen LogP contribution in [0.3, 0.4) is 0 Å². The predicted octanol–water partition coefficient (Wildman–Crippen LogP) is 1.73. The molecule has 2 N–H and O–H groups in total. The topological polar surface area (TPSA) is 162 Å². The van der Waals surface area contributed by atoms with Gasteiger partial charge in [0, 0.05) is 30.8 Å². The molecule has 0 bridgehead atoms. The molecule has 37 heavy (non-hydrogen) atoms. The second-order valence-corrected chi connectivity index (χ2v) is 9.02. The number of amides is 1. The average molecular weight is 524 g/mol. The van der Waals surface area contributed by atoms with Gasteiger partial charge >= 0.3 is 5.97 Å². The first-order valence-corrected chi connectivity index (χ1v) is 11.8. The van der Waals surface area contributed by atoms with Gasteiger partial charge in [-0.3, -0.25) is 14.2 Å². The zero-order valence-corrected chi connectivity index (χ0v) is 20.8. The van der Waals surface area contributed by atoms with E-state index in [1.54, 1.807) is 25.1 Å². The minimum atomic E-state index is -1.34. The van der Waals surface area contributed by atoms with Crippen LogP contribution < -0.4 is 25.1 Å². The summed E-state index contributed by atoms with van der Waals surface area (Å²) in [5.74, 6) is -0.239. The molecule has 0 radical (unpaired) electrons. The lowest BCUT2D eigenvalue weighted by Gasteiger charge is -2.39. The van der Waals surface area contributed by atoms with Crippen LogP contribution in [0.15, 0.2) is 35.5 Å². The van der Waals surface area contributed by atoms with Gasteiger partial charge in [0.2, 0.25) is 16.5 Å².